The number of nitrogens with one attached hydrogen (secondary N) is 1. The van der Waals surface area contributed by atoms with Crippen molar-refractivity contribution in [1.29, 1.82) is 0 Å². The summed E-state index contributed by atoms with van der Waals surface area (Å²) in [5.41, 5.74) is -0.358. The fraction of sp³-hybridized carbons (Fsp3) is 0.182. The zero-order valence-corrected chi connectivity index (χ0v) is 10.4. The fourth-order valence-electron chi connectivity index (χ4n) is 1.36. The highest BCUT2D eigenvalue weighted by Gasteiger charge is 2.25. The van der Waals surface area contributed by atoms with Crippen LogP contribution in [0.2, 0.25) is 5.02 Å². The van der Waals surface area contributed by atoms with Gasteiger partial charge in [0.25, 0.3) is 5.78 Å². The SMILES string of the molecule is COc1ccc(Cl)c(C(=O)C(=O)O)c1NC(C)=O. The van der Waals surface area contributed by atoms with Gasteiger partial charge < -0.3 is 15.2 Å². The van der Waals surface area contributed by atoms with E-state index in [-0.39, 0.29) is 22.0 Å². The third-order valence-corrected chi connectivity index (χ3v) is 2.37. The van der Waals surface area contributed by atoms with E-state index in [0.29, 0.717) is 0 Å². The molecule has 0 radical (unpaired) electrons. The van der Waals surface area contributed by atoms with Gasteiger partial charge in [-0.05, 0) is 12.1 Å². The molecule has 1 rings (SSSR count). The first kappa shape index (κ1) is 14.0. The highest BCUT2D eigenvalue weighted by Crippen LogP contribution is 2.34. The van der Waals surface area contributed by atoms with Gasteiger partial charge in [0.15, 0.2) is 0 Å². The lowest BCUT2D eigenvalue weighted by Gasteiger charge is -2.13. The first-order valence-electron chi connectivity index (χ1n) is 4.80. The molecule has 0 saturated carbocycles. The van der Waals surface area contributed by atoms with E-state index >= 15 is 0 Å². The van der Waals surface area contributed by atoms with Gasteiger partial charge in [-0.2, -0.15) is 0 Å². The van der Waals surface area contributed by atoms with Gasteiger partial charge in [0.05, 0.1) is 23.4 Å². The Labute approximate surface area is 108 Å². The summed E-state index contributed by atoms with van der Waals surface area (Å²) in [5, 5.41) is 11.0. The zero-order valence-electron chi connectivity index (χ0n) is 9.61. The second-order valence-electron chi connectivity index (χ2n) is 3.32. The Bertz CT molecular complexity index is 526. The molecule has 7 heteroatoms. The number of ketones is 1. The fourth-order valence-corrected chi connectivity index (χ4v) is 1.60. The van der Waals surface area contributed by atoms with Crippen LogP contribution in [0.15, 0.2) is 12.1 Å². The Kier molecular flexibility index (Phi) is 4.28. The molecule has 96 valence electrons. The molecule has 1 aromatic carbocycles. The monoisotopic (exact) mass is 271 g/mol. The predicted octanol–water partition coefficient (Wildman–Crippen LogP) is 1.57. The van der Waals surface area contributed by atoms with Crippen molar-refractivity contribution in [2.45, 2.75) is 6.92 Å². The van der Waals surface area contributed by atoms with Gasteiger partial charge in [-0.25, -0.2) is 4.79 Å². The third-order valence-electron chi connectivity index (χ3n) is 2.06. The maximum absolute atomic E-state index is 11.5. The summed E-state index contributed by atoms with van der Waals surface area (Å²) in [5.74, 6) is -3.21. The van der Waals surface area contributed by atoms with Gasteiger partial charge in [-0.15, -0.1) is 0 Å². The Morgan fingerprint density at radius 2 is 1.94 bits per heavy atom. The van der Waals surface area contributed by atoms with Gasteiger partial charge in [0.2, 0.25) is 5.91 Å². The van der Waals surface area contributed by atoms with Crippen molar-refractivity contribution in [3.8, 4) is 5.75 Å². The van der Waals surface area contributed by atoms with Gasteiger partial charge in [0.1, 0.15) is 5.75 Å². The highest BCUT2D eigenvalue weighted by atomic mass is 35.5. The molecule has 0 aromatic heterocycles. The van der Waals surface area contributed by atoms with Crippen molar-refractivity contribution in [1.82, 2.24) is 0 Å². The molecule has 0 bridgehead atoms. The smallest absolute Gasteiger partial charge is 0.377 e. The van der Waals surface area contributed by atoms with Crippen LogP contribution >= 0.6 is 11.6 Å². The topological polar surface area (TPSA) is 92.7 Å². The number of anilines is 1. The number of hydrogen-bond donors (Lipinski definition) is 2. The Hall–Kier alpha value is -2.08. The lowest BCUT2D eigenvalue weighted by Crippen LogP contribution is -2.18. The molecule has 0 heterocycles. The van der Waals surface area contributed by atoms with Crippen LogP contribution in [-0.2, 0) is 9.59 Å². The first-order valence-corrected chi connectivity index (χ1v) is 5.18. The average Bonchev–Trinajstić information content (AvgIpc) is 2.28. The minimum absolute atomic E-state index is 0.0510. The van der Waals surface area contributed by atoms with E-state index in [1.165, 1.54) is 26.2 Å². The van der Waals surface area contributed by atoms with Crippen molar-refractivity contribution < 1.29 is 24.2 Å². The number of ether oxygens (including phenoxy) is 1. The molecule has 0 unspecified atom stereocenters. The minimum atomic E-state index is -1.67. The largest absolute Gasteiger partial charge is 0.495 e. The average molecular weight is 272 g/mol. The van der Waals surface area contributed by atoms with Crippen LogP contribution < -0.4 is 10.1 Å². The number of carbonyl (C=O) groups excluding carboxylic acids is 2. The van der Waals surface area contributed by atoms with E-state index in [0.717, 1.165) is 0 Å². The molecule has 2 N–H and O–H groups in total. The van der Waals surface area contributed by atoms with Crippen molar-refractivity contribution in [3.63, 3.8) is 0 Å². The quantitative estimate of drug-likeness (QED) is 0.640. The summed E-state index contributed by atoms with van der Waals surface area (Å²) in [6.45, 7) is 1.22. The van der Waals surface area contributed by atoms with Crippen molar-refractivity contribution in [2.24, 2.45) is 0 Å². The first-order chi connectivity index (χ1) is 8.38. The molecule has 6 nitrogen and oxygen atoms in total. The normalized spacial score (nSPS) is 9.72. The lowest BCUT2D eigenvalue weighted by atomic mass is 10.1. The van der Waals surface area contributed by atoms with Gasteiger partial charge in [-0.1, -0.05) is 11.6 Å². The summed E-state index contributed by atoms with van der Waals surface area (Å²) in [6.07, 6.45) is 0. The Balaban J connectivity index is 3.49. The molecular weight excluding hydrogens is 262 g/mol. The van der Waals surface area contributed by atoms with Crippen molar-refractivity contribution in [2.75, 3.05) is 12.4 Å². The number of benzene rings is 1. The molecule has 1 amide bonds. The van der Waals surface area contributed by atoms with E-state index in [1.807, 2.05) is 0 Å². The van der Waals surface area contributed by atoms with Crippen molar-refractivity contribution >= 4 is 34.9 Å². The van der Waals surface area contributed by atoms with E-state index in [4.69, 9.17) is 21.4 Å². The molecule has 0 aliphatic heterocycles. The zero-order chi connectivity index (χ0) is 13.9. The minimum Gasteiger partial charge on any atom is -0.495 e. The Morgan fingerprint density at radius 1 is 1.33 bits per heavy atom. The van der Waals surface area contributed by atoms with Gasteiger partial charge >= 0.3 is 5.97 Å². The summed E-state index contributed by atoms with van der Waals surface area (Å²) in [4.78, 5) is 33.3. The second kappa shape index (κ2) is 5.50. The van der Waals surface area contributed by atoms with E-state index in [1.54, 1.807) is 0 Å². The summed E-state index contributed by atoms with van der Waals surface area (Å²) in [7, 11) is 1.32. The van der Waals surface area contributed by atoms with E-state index < -0.39 is 17.7 Å². The molecule has 0 aliphatic rings. The van der Waals surface area contributed by atoms with Crippen LogP contribution in [-0.4, -0.2) is 29.9 Å². The number of aliphatic carboxylic acids is 1. The van der Waals surface area contributed by atoms with Crippen LogP contribution in [0.25, 0.3) is 0 Å². The molecule has 0 spiro atoms. The number of carboxylic acids is 1. The second-order valence-corrected chi connectivity index (χ2v) is 3.72. The number of rotatable bonds is 4. The van der Waals surface area contributed by atoms with Crippen molar-refractivity contribution in [3.05, 3.63) is 22.7 Å². The number of methoxy groups -OCH3 is 1. The van der Waals surface area contributed by atoms with Gasteiger partial charge in [-0.3, -0.25) is 9.59 Å². The number of carboxylic acid groups (broad SMARTS) is 1. The summed E-state index contributed by atoms with van der Waals surface area (Å²) >= 11 is 5.79. The maximum Gasteiger partial charge on any atom is 0.377 e. The molecule has 0 saturated heterocycles. The number of hydrogen-bond acceptors (Lipinski definition) is 4. The summed E-state index contributed by atoms with van der Waals surface area (Å²) < 4.78 is 4.95. The highest BCUT2D eigenvalue weighted by molar-refractivity contribution is 6.46. The molecule has 0 fully saturated rings. The van der Waals surface area contributed by atoms with Crippen LogP contribution in [0, 0.1) is 0 Å². The van der Waals surface area contributed by atoms with Gasteiger partial charge in [0, 0.05) is 6.92 Å². The predicted molar refractivity (Wildman–Crippen MR) is 64.3 cm³/mol. The standard InChI is InChI=1S/C11H10ClNO5/c1-5(14)13-9-7(18-2)4-3-6(12)8(9)10(15)11(16)17/h3-4H,1-2H3,(H,13,14)(H,16,17). The number of Topliss-reactive ketones (excluding diaryl/α,β-unsaturated/α-hetero) is 1. The van der Waals surface area contributed by atoms with E-state index in [2.05, 4.69) is 5.32 Å². The third kappa shape index (κ3) is 2.78. The molecule has 0 atom stereocenters. The van der Waals surface area contributed by atoms with Crippen LogP contribution in [0.5, 0.6) is 5.75 Å². The number of carbonyl (C=O) groups is 3. The van der Waals surface area contributed by atoms with Crippen LogP contribution in [0.3, 0.4) is 0 Å². The van der Waals surface area contributed by atoms with E-state index in [9.17, 15) is 14.4 Å². The maximum atomic E-state index is 11.5. The molecular formula is C11H10ClNO5. The van der Waals surface area contributed by atoms with Crippen LogP contribution in [0.1, 0.15) is 17.3 Å². The molecule has 18 heavy (non-hydrogen) atoms. The number of halogens is 1. The Morgan fingerprint density at radius 3 is 2.39 bits per heavy atom. The lowest BCUT2D eigenvalue weighted by molar-refractivity contribution is -0.131. The molecule has 1 aromatic rings. The number of amides is 1. The molecule has 0 aliphatic carbocycles. The van der Waals surface area contributed by atoms with Crippen LogP contribution in [0.4, 0.5) is 5.69 Å². The summed E-state index contributed by atoms with van der Waals surface area (Å²) in [6, 6.07) is 2.74.